The number of H-pyrrole nitrogens is 1. The lowest BCUT2D eigenvalue weighted by Gasteiger charge is -2.08. The van der Waals surface area contributed by atoms with E-state index in [4.69, 9.17) is 11.6 Å². The van der Waals surface area contributed by atoms with Crippen molar-refractivity contribution in [1.29, 1.82) is 0 Å². The summed E-state index contributed by atoms with van der Waals surface area (Å²) in [6.07, 6.45) is 4.73. The molecule has 0 radical (unpaired) electrons. The van der Waals surface area contributed by atoms with E-state index in [-0.39, 0.29) is 0 Å². The molecule has 2 N–H and O–H groups in total. The fourth-order valence-corrected chi connectivity index (χ4v) is 2.56. The van der Waals surface area contributed by atoms with E-state index in [0.717, 1.165) is 40.7 Å². The van der Waals surface area contributed by atoms with Crippen molar-refractivity contribution < 1.29 is 0 Å². The summed E-state index contributed by atoms with van der Waals surface area (Å²) in [5.41, 5.74) is 4.19. The third kappa shape index (κ3) is 3.00. The van der Waals surface area contributed by atoms with Crippen LogP contribution in [0.15, 0.2) is 30.6 Å². The van der Waals surface area contributed by atoms with E-state index in [0.29, 0.717) is 0 Å². The Bertz CT molecular complexity index is 779. The van der Waals surface area contributed by atoms with Gasteiger partial charge in [0.2, 0.25) is 0 Å². The number of aromatic nitrogens is 3. The van der Waals surface area contributed by atoms with Crippen molar-refractivity contribution in [3.8, 4) is 0 Å². The fourth-order valence-electron chi connectivity index (χ4n) is 2.39. The number of nitrogens with zero attached hydrogens (tertiary/aromatic N) is 2. The number of rotatable bonds is 4. The van der Waals surface area contributed by atoms with Gasteiger partial charge in [-0.15, -0.1) is 0 Å². The average Bonchev–Trinajstić information content (AvgIpc) is 2.85. The second-order valence-electron chi connectivity index (χ2n) is 5.13. The summed E-state index contributed by atoms with van der Waals surface area (Å²) in [6, 6.07) is 5.93. The van der Waals surface area contributed by atoms with Crippen molar-refractivity contribution in [3.63, 3.8) is 0 Å². The van der Waals surface area contributed by atoms with Crippen LogP contribution in [0.2, 0.25) is 5.02 Å². The average molecular weight is 301 g/mol. The summed E-state index contributed by atoms with van der Waals surface area (Å²) < 4.78 is 0. The summed E-state index contributed by atoms with van der Waals surface area (Å²) in [5.74, 6) is 0.859. The Balaban J connectivity index is 1.71. The summed E-state index contributed by atoms with van der Waals surface area (Å²) >= 11 is 6.00. The monoisotopic (exact) mass is 300 g/mol. The Morgan fingerprint density at radius 1 is 1.29 bits per heavy atom. The van der Waals surface area contributed by atoms with Crippen LogP contribution in [0.5, 0.6) is 0 Å². The van der Waals surface area contributed by atoms with Crippen LogP contribution >= 0.6 is 11.6 Å². The third-order valence-corrected chi connectivity index (χ3v) is 3.73. The number of halogens is 1. The topological polar surface area (TPSA) is 53.6 Å². The fraction of sp³-hybridized carbons (Fsp3) is 0.250. The Kier molecular flexibility index (Phi) is 3.80. The van der Waals surface area contributed by atoms with Crippen molar-refractivity contribution in [2.75, 3.05) is 11.9 Å². The quantitative estimate of drug-likeness (QED) is 0.769. The number of fused-ring (bicyclic) bond motifs is 1. The number of aryl methyl sites for hydroxylation is 2. The van der Waals surface area contributed by atoms with Crippen LogP contribution in [0.1, 0.15) is 17.0 Å². The summed E-state index contributed by atoms with van der Waals surface area (Å²) in [5, 5.41) is 5.32. The molecular formula is C16H17ClN4. The van der Waals surface area contributed by atoms with E-state index in [2.05, 4.69) is 26.3 Å². The van der Waals surface area contributed by atoms with Gasteiger partial charge < -0.3 is 10.3 Å². The van der Waals surface area contributed by atoms with E-state index in [9.17, 15) is 0 Å². The van der Waals surface area contributed by atoms with Gasteiger partial charge >= 0.3 is 0 Å². The molecule has 0 aliphatic heterocycles. The summed E-state index contributed by atoms with van der Waals surface area (Å²) in [6.45, 7) is 4.72. The first kappa shape index (κ1) is 13.9. The van der Waals surface area contributed by atoms with Crippen LogP contribution < -0.4 is 5.32 Å². The number of anilines is 1. The second-order valence-corrected chi connectivity index (χ2v) is 5.56. The van der Waals surface area contributed by atoms with Crippen LogP contribution in [0.4, 0.5) is 5.82 Å². The molecule has 0 amide bonds. The van der Waals surface area contributed by atoms with Gasteiger partial charge in [-0.05, 0) is 38.0 Å². The van der Waals surface area contributed by atoms with Crippen LogP contribution in [0.3, 0.4) is 0 Å². The minimum Gasteiger partial charge on any atom is -0.368 e. The van der Waals surface area contributed by atoms with Crippen LogP contribution in [-0.4, -0.2) is 21.5 Å². The Hall–Kier alpha value is -2.07. The van der Waals surface area contributed by atoms with Crippen LogP contribution in [0.25, 0.3) is 10.9 Å². The van der Waals surface area contributed by atoms with Crippen molar-refractivity contribution in [2.24, 2.45) is 0 Å². The van der Waals surface area contributed by atoms with Gasteiger partial charge in [-0.2, -0.15) is 0 Å². The normalized spacial score (nSPS) is 11.0. The first-order valence-corrected chi connectivity index (χ1v) is 7.31. The van der Waals surface area contributed by atoms with Gasteiger partial charge in [-0.3, -0.25) is 4.98 Å². The number of benzene rings is 1. The summed E-state index contributed by atoms with van der Waals surface area (Å²) in [4.78, 5) is 12.0. The van der Waals surface area contributed by atoms with Crippen LogP contribution in [0, 0.1) is 13.8 Å². The first-order valence-electron chi connectivity index (χ1n) is 6.93. The molecule has 2 aromatic heterocycles. The van der Waals surface area contributed by atoms with Crippen LogP contribution in [-0.2, 0) is 6.42 Å². The maximum atomic E-state index is 6.00. The number of hydrogen-bond acceptors (Lipinski definition) is 3. The lowest BCUT2D eigenvalue weighted by atomic mass is 10.1. The smallest absolute Gasteiger partial charge is 0.147 e. The molecule has 4 nitrogen and oxygen atoms in total. The van der Waals surface area contributed by atoms with E-state index >= 15 is 0 Å². The molecule has 0 saturated heterocycles. The molecule has 0 aliphatic rings. The highest BCUT2D eigenvalue weighted by atomic mass is 35.5. The molecule has 0 unspecified atom stereocenters. The molecule has 5 heteroatoms. The minimum atomic E-state index is 0.750. The molecule has 2 heterocycles. The second kappa shape index (κ2) is 5.74. The zero-order chi connectivity index (χ0) is 14.8. The highest BCUT2D eigenvalue weighted by Gasteiger charge is 2.05. The molecule has 1 aromatic carbocycles. The van der Waals surface area contributed by atoms with E-state index in [1.807, 2.05) is 32.2 Å². The highest BCUT2D eigenvalue weighted by Crippen LogP contribution is 2.22. The van der Waals surface area contributed by atoms with Gasteiger partial charge in [0.25, 0.3) is 0 Å². The Morgan fingerprint density at radius 3 is 3.00 bits per heavy atom. The number of nitrogens with one attached hydrogen (secondary N) is 2. The molecule has 21 heavy (non-hydrogen) atoms. The van der Waals surface area contributed by atoms with Gasteiger partial charge in [0.1, 0.15) is 5.82 Å². The lowest BCUT2D eigenvalue weighted by Crippen LogP contribution is -2.08. The molecule has 0 spiro atoms. The maximum Gasteiger partial charge on any atom is 0.147 e. The van der Waals surface area contributed by atoms with Gasteiger partial charge in [-0.1, -0.05) is 17.7 Å². The molecule has 0 fully saturated rings. The number of aromatic amines is 1. The van der Waals surface area contributed by atoms with Gasteiger partial charge in [-0.25, -0.2) is 4.98 Å². The zero-order valence-electron chi connectivity index (χ0n) is 12.1. The van der Waals surface area contributed by atoms with Gasteiger partial charge in [0.05, 0.1) is 11.4 Å². The van der Waals surface area contributed by atoms with Crippen molar-refractivity contribution in [2.45, 2.75) is 20.3 Å². The van der Waals surface area contributed by atoms with Crippen molar-refractivity contribution in [3.05, 3.63) is 52.6 Å². The van der Waals surface area contributed by atoms with Gasteiger partial charge in [0.15, 0.2) is 0 Å². The standard InChI is InChI=1S/C16H17ClN4/c1-10-8-19-11(2)16(21-10)18-6-5-12-9-20-15-7-13(17)3-4-14(12)15/h3-4,7-9,20H,5-6H2,1-2H3,(H,18,21). The maximum absolute atomic E-state index is 6.00. The molecule has 108 valence electrons. The predicted molar refractivity (Wildman–Crippen MR) is 87.0 cm³/mol. The molecule has 0 aliphatic carbocycles. The Morgan fingerprint density at radius 2 is 2.14 bits per heavy atom. The SMILES string of the molecule is Cc1cnc(C)c(NCCc2c[nH]c3cc(Cl)ccc23)n1. The van der Waals surface area contributed by atoms with E-state index in [1.165, 1.54) is 10.9 Å². The predicted octanol–water partition coefficient (Wildman–Crippen LogP) is 3.88. The summed E-state index contributed by atoms with van der Waals surface area (Å²) in [7, 11) is 0. The molecule has 0 atom stereocenters. The highest BCUT2D eigenvalue weighted by molar-refractivity contribution is 6.31. The molecule has 3 aromatic rings. The molecule has 0 saturated carbocycles. The van der Waals surface area contributed by atoms with Crippen molar-refractivity contribution in [1.82, 2.24) is 15.0 Å². The minimum absolute atomic E-state index is 0.750. The van der Waals surface area contributed by atoms with E-state index in [1.54, 1.807) is 6.20 Å². The lowest BCUT2D eigenvalue weighted by molar-refractivity contribution is 0.980. The number of hydrogen-bond donors (Lipinski definition) is 2. The Labute approximate surface area is 128 Å². The largest absolute Gasteiger partial charge is 0.368 e. The molecule has 0 bridgehead atoms. The van der Waals surface area contributed by atoms with E-state index < -0.39 is 0 Å². The molecular weight excluding hydrogens is 284 g/mol. The third-order valence-electron chi connectivity index (χ3n) is 3.49. The first-order chi connectivity index (χ1) is 10.1. The van der Waals surface area contributed by atoms with Gasteiger partial charge in [0, 0.05) is 34.9 Å². The molecule has 3 rings (SSSR count). The van der Waals surface area contributed by atoms with Crippen molar-refractivity contribution >= 4 is 28.3 Å². The zero-order valence-corrected chi connectivity index (χ0v) is 12.8.